The molecule has 7 heteroatoms. The lowest BCUT2D eigenvalue weighted by atomic mass is 9.96. The molecule has 0 spiro atoms. The molecule has 3 saturated heterocycles. The van der Waals surface area contributed by atoms with Crippen LogP contribution in [0, 0.1) is 5.92 Å². The Morgan fingerprint density at radius 3 is 2.48 bits per heavy atom. The summed E-state index contributed by atoms with van der Waals surface area (Å²) in [6.45, 7) is 3.11. The highest BCUT2D eigenvalue weighted by Crippen LogP contribution is 2.28. The van der Waals surface area contributed by atoms with Crippen molar-refractivity contribution in [1.82, 2.24) is 14.7 Å². The normalized spacial score (nSPS) is 28.7. The average Bonchev–Trinajstić information content (AvgIpc) is 3.06. The van der Waals surface area contributed by atoms with Gasteiger partial charge in [0.05, 0.1) is 11.8 Å². The van der Waals surface area contributed by atoms with Gasteiger partial charge in [0.15, 0.2) is 0 Å². The van der Waals surface area contributed by atoms with Crippen molar-refractivity contribution in [2.45, 2.75) is 25.3 Å². The number of likely N-dealkylation sites (tertiary alicyclic amines) is 2. The van der Waals surface area contributed by atoms with Crippen molar-refractivity contribution in [3.05, 3.63) is 0 Å². The maximum absolute atomic E-state index is 12.5. The minimum absolute atomic E-state index is 0.108. The van der Waals surface area contributed by atoms with Crippen LogP contribution in [0.15, 0.2) is 0 Å². The molecule has 1 atom stereocenters. The number of thioether (sulfide) groups is 1. The Balaban J connectivity index is 1.58. The molecule has 3 amide bonds. The van der Waals surface area contributed by atoms with Crippen LogP contribution in [0.1, 0.15) is 19.3 Å². The number of carbonyl (C=O) groups excluding carboxylic acids is 3. The van der Waals surface area contributed by atoms with Crippen molar-refractivity contribution in [3.63, 3.8) is 0 Å². The molecule has 0 saturated carbocycles. The Morgan fingerprint density at radius 1 is 1.14 bits per heavy atom. The monoisotopic (exact) mass is 311 g/mol. The van der Waals surface area contributed by atoms with E-state index in [-0.39, 0.29) is 34.8 Å². The predicted molar refractivity (Wildman–Crippen MR) is 79.9 cm³/mol. The van der Waals surface area contributed by atoms with Gasteiger partial charge in [-0.2, -0.15) is 0 Å². The Morgan fingerprint density at radius 2 is 1.86 bits per heavy atom. The summed E-state index contributed by atoms with van der Waals surface area (Å²) in [6, 6.07) is -0.116. The third-order valence-corrected chi connectivity index (χ3v) is 5.53. The van der Waals surface area contributed by atoms with Crippen molar-refractivity contribution < 1.29 is 14.4 Å². The lowest BCUT2D eigenvalue weighted by Crippen LogP contribution is -2.44. The Hall–Kier alpha value is -1.08. The smallest absolute Gasteiger partial charge is 0.289 e. The van der Waals surface area contributed by atoms with E-state index in [9.17, 15) is 14.4 Å². The van der Waals surface area contributed by atoms with Crippen LogP contribution in [0.25, 0.3) is 0 Å². The second-order valence-electron chi connectivity index (χ2n) is 6.12. The third-order valence-electron chi connectivity index (χ3n) is 4.69. The maximum Gasteiger partial charge on any atom is 0.289 e. The van der Waals surface area contributed by atoms with E-state index in [1.807, 2.05) is 4.90 Å². The molecule has 0 aromatic carbocycles. The summed E-state index contributed by atoms with van der Waals surface area (Å²) < 4.78 is 0. The minimum Gasteiger partial charge on any atom is -0.340 e. The Labute approximate surface area is 128 Å². The zero-order valence-electron chi connectivity index (χ0n) is 12.3. The number of amides is 3. The standard InChI is InChI=1S/C14H21N3O3S/c1-15-5-2-10(3-6-15)13(19)16-7-4-11(8-16)17-12(18)9-21-14(17)20/h10-11H,2-9H2,1H3. The first kappa shape index (κ1) is 14.8. The number of rotatable bonds is 2. The van der Waals surface area contributed by atoms with Gasteiger partial charge in [-0.15, -0.1) is 0 Å². The molecule has 3 heterocycles. The lowest BCUT2D eigenvalue weighted by Gasteiger charge is -2.31. The molecule has 1 unspecified atom stereocenters. The number of piperidine rings is 1. The van der Waals surface area contributed by atoms with Gasteiger partial charge in [0.1, 0.15) is 0 Å². The number of hydrogen-bond donors (Lipinski definition) is 0. The van der Waals surface area contributed by atoms with Gasteiger partial charge in [0, 0.05) is 19.0 Å². The molecule has 21 heavy (non-hydrogen) atoms. The molecule has 0 N–H and O–H groups in total. The zero-order valence-corrected chi connectivity index (χ0v) is 13.1. The van der Waals surface area contributed by atoms with E-state index in [2.05, 4.69) is 11.9 Å². The SMILES string of the molecule is CN1CCC(C(=O)N2CCC(N3C(=O)CSC3=O)C2)CC1. The van der Waals surface area contributed by atoms with Crippen LogP contribution in [0.4, 0.5) is 4.79 Å². The van der Waals surface area contributed by atoms with Gasteiger partial charge in [0.2, 0.25) is 11.8 Å². The van der Waals surface area contributed by atoms with Gasteiger partial charge in [0.25, 0.3) is 5.24 Å². The molecule has 0 aliphatic carbocycles. The highest BCUT2D eigenvalue weighted by Gasteiger charge is 2.41. The van der Waals surface area contributed by atoms with E-state index in [1.165, 1.54) is 4.90 Å². The van der Waals surface area contributed by atoms with Crippen LogP contribution in [0.5, 0.6) is 0 Å². The summed E-state index contributed by atoms with van der Waals surface area (Å²) in [7, 11) is 2.08. The first-order chi connectivity index (χ1) is 10.1. The van der Waals surface area contributed by atoms with Crippen LogP contribution < -0.4 is 0 Å². The molecule has 3 aliphatic rings. The highest BCUT2D eigenvalue weighted by atomic mass is 32.2. The molecule has 0 radical (unpaired) electrons. The molecule has 116 valence electrons. The second-order valence-corrected chi connectivity index (χ2v) is 7.05. The fourth-order valence-corrected chi connectivity index (χ4v) is 4.16. The predicted octanol–water partition coefficient (Wildman–Crippen LogP) is 0.624. The fraction of sp³-hybridized carbons (Fsp3) is 0.786. The van der Waals surface area contributed by atoms with Gasteiger partial charge >= 0.3 is 0 Å². The molecule has 6 nitrogen and oxygen atoms in total. The summed E-state index contributed by atoms with van der Waals surface area (Å²) in [4.78, 5) is 41.5. The maximum atomic E-state index is 12.5. The number of carbonyl (C=O) groups is 3. The molecule has 3 rings (SSSR count). The van der Waals surface area contributed by atoms with Crippen molar-refractivity contribution >= 4 is 28.8 Å². The van der Waals surface area contributed by atoms with Crippen LogP contribution in [0.3, 0.4) is 0 Å². The average molecular weight is 311 g/mol. The summed E-state index contributed by atoms with van der Waals surface area (Å²) in [5, 5.41) is -0.154. The summed E-state index contributed by atoms with van der Waals surface area (Å²) in [6.07, 6.45) is 2.54. The first-order valence-corrected chi connectivity index (χ1v) is 8.51. The molecule has 0 aromatic heterocycles. The Kier molecular flexibility index (Phi) is 4.21. The third kappa shape index (κ3) is 2.94. The van der Waals surface area contributed by atoms with Gasteiger partial charge in [-0.25, -0.2) is 0 Å². The van der Waals surface area contributed by atoms with E-state index in [0.29, 0.717) is 13.1 Å². The molecule has 3 fully saturated rings. The lowest BCUT2D eigenvalue weighted by molar-refractivity contribution is -0.136. The van der Waals surface area contributed by atoms with E-state index in [1.54, 1.807) is 0 Å². The van der Waals surface area contributed by atoms with Crippen LogP contribution in [-0.4, -0.2) is 76.8 Å². The van der Waals surface area contributed by atoms with E-state index in [0.717, 1.165) is 44.1 Å². The van der Waals surface area contributed by atoms with Crippen LogP contribution >= 0.6 is 11.8 Å². The van der Waals surface area contributed by atoms with Gasteiger partial charge in [-0.1, -0.05) is 11.8 Å². The van der Waals surface area contributed by atoms with Gasteiger partial charge in [-0.3, -0.25) is 19.3 Å². The minimum atomic E-state index is -0.154. The van der Waals surface area contributed by atoms with Crippen molar-refractivity contribution in [1.29, 1.82) is 0 Å². The summed E-state index contributed by atoms with van der Waals surface area (Å²) >= 11 is 1.07. The van der Waals surface area contributed by atoms with E-state index >= 15 is 0 Å². The molecule has 0 aromatic rings. The highest BCUT2D eigenvalue weighted by molar-refractivity contribution is 8.14. The van der Waals surface area contributed by atoms with E-state index < -0.39 is 0 Å². The Bertz CT molecular complexity index is 446. The second kappa shape index (κ2) is 5.96. The summed E-state index contributed by atoms with van der Waals surface area (Å²) in [5.41, 5.74) is 0. The van der Waals surface area contributed by atoms with Crippen molar-refractivity contribution in [3.8, 4) is 0 Å². The fourth-order valence-electron chi connectivity index (χ4n) is 3.38. The first-order valence-electron chi connectivity index (χ1n) is 7.52. The van der Waals surface area contributed by atoms with Crippen LogP contribution in [0.2, 0.25) is 0 Å². The van der Waals surface area contributed by atoms with Crippen molar-refractivity contribution in [2.75, 3.05) is 39.0 Å². The number of hydrogen-bond acceptors (Lipinski definition) is 5. The molecule has 3 aliphatic heterocycles. The molecular formula is C14H21N3O3S. The van der Waals surface area contributed by atoms with Crippen LogP contribution in [-0.2, 0) is 9.59 Å². The zero-order chi connectivity index (χ0) is 15.0. The number of nitrogens with zero attached hydrogens (tertiary/aromatic N) is 3. The topological polar surface area (TPSA) is 60.9 Å². The molecule has 0 bridgehead atoms. The van der Waals surface area contributed by atoms with E-state index in [4.69, 9.17) is 0 Å². The summed E-state index contributed by atoms with van der Waals surface area (Å²) in [5.74, 6) is 0.457. The largest absolute Gasteiger partial charge is 0.340 e. The van der Waals surface area contributed by atoms with Gasteiger partial charge in [-0.05, 0) is 39.4 Å². The quantitative estimate of drug-likeness (QED) is 0.748. The van der Waals surface area contributed by atoms with Crippen molar-refractivity contribution in [2.24, 2.45) is 5.92 Å². The van der Waals surface area contributed by atoms with Gasteiger partial charge < -0.3 is 9.80 Å². The number of imide groups is 1. The molecular weight excluding hydrogens is 290 g/mol.